The predicted molar refractivity (Wildman–Crippen MR) is 79.0 cm³/mol. The van der Waals surface area contributed by atoms with Gasteiger partial charge in [0.05, 0.1) is 13.2 Å². The van der Waals surface area contributed by atoms with E-state index in [1.54, 1.807) is 11.1 Å². The molecule has 108 valence electrons. The van der Waals surface area contributed by atoms with Crippen molar-refractivity contribution in [3.8, 4) is 0 Å². The number of hydrogen-bond acceptors (Lipinski definition) is 2. The Hall–Kier alpha value is -0.600. The Bertz CT molecular complexity index is 346. The van der Waals surface area contributed by atoms with Crippen molar-refractivity contribution in [3.63, 3.8) is 0 Å². The lowest BCUT2D eigenvalue weighted by Crippen LogP contribution is -2.24. The fourth-order valence-corrected chi connectivity index (χ4v) is 3.21. The van der Waals surface area contributed by atoms with E-state index >= 15 is 0 Å². The second kappa shape index (κ2) is 6.71. The largest absolute Gasteiger partial charge is 0.352 e. The van der Waals surface area contributed by atoms with Crippen molar-refractivity contribution in [1.82, 2.24) is 0 Å². The quantitative estimate of drug-likeness (QED) is 0.690. The summed E-state index contributed by atoms with van der Waals surface area (Å²) in [6.45, 7) is 8.75. The highest BCUT2D eigenvalue weighted by molar-refractivity contribution is 5.24. The number of hydrogen-bond donors (Lipinski definition) is 0. The molecule has 1 fully saturated rings. The summed E-state index contributed by atoms with van der Waals surface area (Å²) < 4.78 is 11.1. The predicted octanol–water partition coefficient (Wildman–Crippen LogP) is 4.61. The van der Waals surface area contributed by atoms with Crippen LogP contribution in [0.3, 0.4) is 0 Å². The third-order valence-electron chi connectivity index (χ3n) is 4.40. The van der Waals surface area contributed by atoms with Crippen molar-refractivity contribution in [2.45, 2.75) is 65.6 Å². The topological polar surface area (TPSA) is 18.5 Å². The van der Waals surface area contributed by atoms with Crippen LogP contribution in [0.4, 0.5) is 0 Å². The molecule has 2 nitrogen and oxygen atoms in total. The molecule has 0 N–H and O–H groups in total. The molecule has 2 heteroatoms. The first kappa shape index (κ1) is 14.8. The van der Waals surface area contributed by atoms with Gasteiger partial charge in [0.15, 0.2) is 6.29 Å². The molecule has 1 aliphatic carbocycles. The van der Waals surface area contributed by atoms with Crippen LogP contribution in [0.5, 0.6) is 0 Å². The van der Waals surface area contributed by atoms with Gasteiger partial charge in [-0.25, -0.2) is 0 Å². The molecule has 0 spiro atoms. The van der Waals surface area contributed by atoms with Gasteiger partial charge in [-0.1, -0.05) is 37.1 Å². The fourth-order valence-electron chi connectivity index (χ4n) is 3.21. The van der Waals surface area contributed by atoms with Crippen LogP contribution in [0.2, 0.25) is 0 Å². The van der Waals surface area contributed by atoms with Crippen LogP contribution in [0, 0.1) is 5.41 Å². The van der Waals surface area contributed by atoms with Crippen LogP contribution < -0.4 is 0 Å². The van der Waals surface area contributed by atoms with E-state index in [4.69, 9.17) is 9.47 Å². The minimum Gasteiger partial charge on any atom is -0.352 e. The molecule has 0 saturated carbocycles. The Kier molecular flexibility index (Phi) is 5.23. The van der Waals surface area contributed by atoms with Gasteiger partial charge in [-0.05, 0) is 44.4 Å². The maximum atomic E-state index is 5.55. The highest BCUT2D eigenvalue weighted by atomic mass is 16.7. The zero-order chi connectivity index (χ0) is 13.7. The van der Waals surface area contributed by atoms with Crippen LogP contribution in [0.15, 0.2) is 23.3 Å². The molecule has 0 amide bonds. The second-order valence-electron chi connectivity index (χ2n) is 6.43. The van der Waals surface area contributed by atoms with Gasteiger partial charge in [-0.15, -0.1) is 0 Å². The summed E-state index contributed by atoms with van der Waals surface area (Å²) in [6.07, 6.45) is 11.5. The van der Waals surface area contributed by atoms with E-state index in [2.05, 4.69) is 32.9 Å². The lowest BCUT2D eigenvalue weighted by Gasteiger charge is -2.34. The van der Waals surface area contributed by atoms with Gasteiger partial charge in [-0.3, -0.25) is 0 Å². The average Bonchev–Trinajstić information content (AvgIpc) is 2.38. The molecule has 1 aliphatic heterocycles. The lowest BCUT2D eigenvalue weighted by molar-refractivity contribution is -0.175. The standard InChI is InChI=1S/C17H28O2/c1-14-8-6-11-17(2,3)15(14)9-4-5-10-16-18-12-7-13-19-16/h4-5,16H,6-13H2,1-3H3/b5-4+. The van der Waals surface area contributed by atoms with Crippen LogP contribution >= 0.6 is 0 Å². The summed E-state index contributed by atoms with van der Waals surface area (Å²) in [5.74, 6) is 0. The Morgan fingerprint density at radius 3 is 2.58 bits per heavy atom. The van der Waals surface area contributed by atoms with Gasteiger partial charge in [0, 0.05) is 6.42 Å². The van der Waals surface area contributed by atoms with Crippen LogP contribution in [-0.4, -0.2) is 19.5 Å². The van der Waals surface area contributed by atoms with Gasteiger partial charge >= 0.3 is 0 Å². The normalized spacial score (nSPS) is 25.2. The Morgan fingerprint density at radius 2 is 1.89 bits per heavy atom. The molecule has 19 heavy (non-hydrogen) atoms. The van der Waals surface area contributed by atoms with Crippen molar-refractivity contribution >= 4 is 0 Å². The van der Waals surface area contributed by atoms with E-state index in [0.717, 1.165) is 32.5 Å². The first-order chi connectivity index (χ1) is 9.09. The summed E-state index contributed by atoms with van der Waals surface area (Å²) in [5, 5.41) is 0. The molecule has 0 bridgehead atoms. The van der Waals surface area contributed by atoms with Crippen LogP contribution in [0.1, 0.15) is 59.3 Å². The molecule has 0 aromatic heterocycles. The van der Waals surface area contributed by atoms with E-state index in [-0.39, 0.29) is 6.29 Å². The third kappa shape index (κ3) is 4.19. The summed E-state index contributed by atoms with van der Waals surface area (Å²) in [7, 11) is 0. The monoisotopic (exact) mass is 264 g/mol. The average molecular weight is 264 g/mol. The first-order valence-corrected chi connectivity index (χ1v) is 7.67. The van der Waals surface area contributed by atoms with E-state index < -0.39 is 0 Å². The fraction of sp³-hybridized carbons (Fsp3) is 0.765. The highest BCUT2D eigenvalue weighted by Gasteiger charge is 2.27. The van der Waals surface area contributed by atoms with Gasteiger partial charge in [0.1, 0.15) is 0 Å². The molecule has 0 atom stereocenters. The number of rotatable bonds is 4. The van der Waals surface area contributed by atoms with Gasteiger partial charge < -0.3 is 9.47 Å². The molecule has 0 radical (unpaired) electrons. The zero-order valence-electron chi connectivity index (χ0n) is 12.7. The van der Waals surface area contributed by atoms with Crippen molar-refractivity contribution < 1.29 is 9.47 Å². The zero-order valence-corrected chi connectivity index (χ0v) is 12.7. The number of allylic oxidation sites excluding steroid dienone is 3. The lowest BCUT2D eigenvalue weighted by atomic mass is 9.71. The van der Waals surface area contributed by atoms with E-state index in [0.29, 0.717) is 5.41 Å². The van der Waals surface area contributed by atoms with Crippen LogP contribution in [0.25, 0.3) is 0 Å². The minimum absolute atomic E-state index is 0.0144. The molecule has 2 aliphatic rings. The third-order valence-corrected chi connectivity index (χ3v) is 4.40. The summed E-state index contributed by atoms with van der Waals surface area (Å²) in [6, 6.07) is 0. The number of ether oxygens (including phenoxy) is 2. The Morgan fingerprint density at radius 1 is 1.16 bits per heavy atom. The maximum absolute atomic E-state index is 5.55. The summed E-state index contributed by atoms with van der Waals surface area (Å²) in [4.78, 5) is 0. The second-order valence-corrected chi connectivity index (χ2v) is 6.43. The van der Waals surface area contributed by atoms with E-state index in [9.17, 15) is 0 Å². The SMILES string of the molecule is CC1=C(C/C=C/CC2OCCCO2)C(C)(C)CCC1. The van der Waals surface area contributed by atoms with Gasteiger partial charge in [-0.2, -0.15) is 0 Å². The van der Waals surface area contributed by atoms with Gasteiger partial charge in [0.25, 0.3) is 0 Å². The molecular weight excluding hydrogens is 236 g/mol. The molecule has 0 aromatic rings. The highest BCUT2D eigenvalue weighted by Crippen LogP contribution is 2.41. The van der Waals surface area contributed by atoms with E-state index in [1.807, 2.05) is 0 Å². The van der Waals surface area contributed by atoms with Gasteiger partial charge in [0.2, 0.25) is 0 Å². The molecule has 0 aromatic carbocycles. The molecule has 0 unspecified atom stereocenters. The summed E-state index contributed by atoms with van der Waals surface area (Å²) in [5.41, 5.74) is 3.62. The molecule has 1 saturated heterocycles. The maximum Gasteiger partial charge on any atom is 0.160 e. The first-order valence-electron chi connectivity index (χ1n) is 7.67. The molecular formula is C17H28O2. The Labute approximate surface area is 117 Å². The summed E-state index contributed by atoms with van der Waals surface area (Å²) >= 11 is 0. The smallest absolute Gasteiger partial charge is 0.160 e. The van der Waals surface area contributed by atoms with Crippen LogP contribution in [-0.2, 0) is 9.47 Å². The van der Waals surface area contributed by atoms with Crippen molar-refractivity contribution in [2.75, 3.05) is 13.2 Å². The Balaban J connectivity index is 1.83. The minimum atomic E-state index is -0.0144. The van der Waals surface area contributed by atoms with Crippen molar-refractivity contribution in [3.05, 3.63) is 23.3 Å². The molecule has 2 rings (SSSR count). The van der Waals surface area contributed by atoms with E-state index in [1.165, 1.54) is 19.3 Å². The van der Waals surface area contributed by atoms with Crippen molar-refractivity contribution in [2.24, 2.45) is 5.41 Å². The van der Waals surface area contributed by atoms with Crippen molar-refractivity contribution in [1.29, 1.82) is 0 Å². The molecule has 1 heterocycles.